The van der Waals surface area contributed by atoms with Gasteiger partial charge >= 0.3 is 0 Å². The van der Waals surface area contributed by atoms with Crippen LogP contribution < -0.4 is 10.1 Å². The van der Waals surface area contributed by atoms with Crippen molar-refractivity contribution in [2.24, 2.45) is 0 Å². The molecule has 1 fully saturated rings. The summed E-state index contributed by atoms with van der Waals surface area (Å²) >= 11 is 1.32. The Morgan fingerprint density at radius 3 is 2.89 bits per heavy atom. The maximum Gasteiger partial charge on any atom is 0.256 e. The monoisotopic (exact) mass is 380 g/mol. The second kappa shape index (κ2) is 6.13. The number of rotatable bonds is 2. The molecule has 0 unspecified atom stereocenters. The number of nitrogens with one attached hydrogen (secondary N) is 1. The number of aromatic nitrogens is 2. The zero-order chi connectivity index (χ0) is 18.4. The number of ether oxygens (including phenoxy) is 1. The molecule has 1 saturated heterocycles. The summed E-state index contributed by atoms with van der Waals surface area (Å²) in [6.07, 6.45) is 5.48. The highest BCUT2D eigenvalue weighted by atomic mass is 32.1. The van der Waals surface area contributed by atoms with Crippen molar-refractivity contribution in [1.29, 1.82) is 0 Å². The third kappa shape index (κ3) is 2.53. The molecule has 1 N–H and O–H groups in total. The van der Waals surface area contributed by atoms with Crippen LogP contribution >= 0.6 is 11.5 Å². The Morgan fingerprint density at radius 1 is 1.30 bits per heavy atom. The van der Waals surface area contributed by atoms with Crippen LogP contribution in [0, 0.1) is 0 Å². The summed E-state index contributed by atoms with van der Waals surface area (Å²) in [5, 5.41) is 5.59. The van der Waals surface area contributed by atoms with Gasteiger partial charge in [0.25, 0.3) is 5.91 Å². The molecular weight excluding hydrogens is 360 g/mol. The Labute approximate surface area is 161 Å². The van der Waals surface area contributed by atoms with E-state index in [1.807, 2.05) is 16.3 Å². The molecule has 0 aliphatic carbocycles. The predicted molar refractivity (Wildman–Crippen MR) is 105 cm³/mol. The Kier molecular flexibility index (Phi) is 3.72. The van der Waals surface area contributed by atoms with Crippen LogP contribution in [0.2, 0.25) is 0 Å². The summed E-state index contributed by atoms with van der Waals surface area (Å²) in [6, 6.07) is 10.4. The first-order chi connectivity index (χ1) is 13.2. The van der Waals surface area contributed by atoms with Gasteiger partial charge in [0.2, 0.25) is 0 Å². The van der Waals surface area contributed by atoms with Crippen molar-refractivity contribution in [2.75, 3.05) is 25.5 Å². The highest BCUT2D eigenvalue weighted by Gasteiger charge is 2.42. The summed E-state index contributed by atoms with van der Waals surface area (Å²) < 4.78 is 11.7. The van der Waals surface area contributed by atoms with Gasteiger partial charge in [-0.05, 0) is 48.6 Å². The third-order valence-corrected chi connectivity index (χ3v) is 6.25. The van der Waals surface area contributed by atoms with Crippen LogP contribution in [0.1, 0.15) is 28.9 Å². The van der Waals surface area contributed by atoms with Crippen LogP contribution in [0.15, 0.2) is 48.1 Å². The number of likely N-dealkylation sites (tertiary alicyclic amines) is 1. The Balaban J connectivity index is 1.45. The van der Waals surface area contributed by atoms with Crippen molar-refractivity contribution in [2.45, 2.75) is 18.4 Å². The van der Waals surface area contributed by atoms with Crippen LogP contribution in [0.4, 0.5) is 5.69 Å². The molecule has 3 aromatic rings. The number of methoxy groups -OCH3 is 1. The van der Waals surface area contributed by atoms with Crippen molar-refractivity contribution in [1.82, 2.24) is 13.8 Å². The number of carbonyl (C=O) groups is 1. The molecule has 0 radical (unpaired) electrons. The number of benzene rings is 1. The molecule has 1 spiro atoms. The van der Waals surface area contributed by atoms with Gasteiger partial charge < -0.3 is 19.5 Å². The van der Waals surface area contributed by atoms with E-state index in [1.54, 1.807) is 13.3 Å². The average Bonchev–Trinajstić information content (AvgIpc) is 3.40. The molecule has 1 aromatic carbocycles. The molecule has 6 nitrogen and oxygen atoms in total. The zero-order valence-corrected chi connectivity index (χ0v) is 15.8. The molecule has 2 aliphatic rings. The number of nitrogens with zero attached hydrogens (tertiary/aromatic N) is 3. The van der Waals surface area contributed by atoms with Crippen LogP contribution in [0.3, 0.4) is 0 Å². The Bertz CT molecular complexity index is 987. The molecule has 138 valence electrons. The number of hydrogen-bond donors (Lipinski definition) is 1. The number of hydrogen-bond acceptors (Lipinski definition) is 5. The van der Waals surface area contributed by atoms with Crippen molar-refractivity contribution in [3.8, 4) is 11.4 Å². The van der Waals surface area contributed by atoms with Crippen LogP contribution in [-0.2, 0) is 5.54 Å². The first kappa shape index (κ1) is 16.4. The lowest BCUT2D eigenvalue weighted by Gasteiger charge is -2.46. The van der Waals surface area contributed by atoms with Crippen LogP contribution in [0.5, 0.6) is 5.75 Å². The highest BCUT2D eigenvalue weighted by Crippen LogP contribution is 2.44. The first-order valence-corrected chi connectivity index (χ1v) is 9.87. The van der Waals surface area contributed by atoms with Gasteiger partial charge in [0, 0.05) is 36.4 Å². The van der Waals surface area contributed by atoms with Gasteiger partial charge in [0.15, 0.2) is 0 Å². The van der Waals surface area contributed by atoms with Gasteiger partial charge in [0.05, 0.1) is 35.8 Å². The van der Waals surface area contributed by atoms with E-state index in [2.05, 4.69) is 44.7 Å². The fourth-order valence-corrected chi connectivity index (χ4v) is 4.73. The van der Waals surface area contributed by atoms with Crippen LogP contribution in [0.25, 0.3) is 5.69 Å². The standard InChI is InChI=1S/C20H20N4O2S/c1-26-15-4-5-17-16(11-15)22-20(18-3-2-8-24(17)18)6-9-23(10-7-20)19(25)14-12-21-27-13-14/h2-5,8,11-13,22H,6-7,9-10H2,1H3. The van der Waals surface area contributed by atoms with E-state index in [-0.39, 0.29) is 11.4 Å². The largest absolute Gasteiger partial charge is 0.497 e. The number of amides is 1. The van der Waals surface area contributed by atoms with E-state index >= 15 is 0 Å². The summed E-state index contributed by atoms with van der Waals surface area (Å²) in [7, 11) is 1.69. The van der Waals surface area contributed by atoms with Crippen molar-refractivity contribution in [3.63, 3.8) is 0 Å². The summed E-state index contributed by atoms with van der Waals surface area (Å²) in [6.45, 7) is 1.43. The van der Waals surface area contributed by atoms with Gasteiger partial charge in [-0.25, -0.2) is 4.37 Å². The van der Waals surface area contributed by atoms with E-state index in [9.17, 15) is 4.79 Å². The molecule has 27 heavy (non-hydrogen) atoms. The minimum absolute atomic E-state index is 0.0758. The number of fused-ring (bicyclic) bond motifs is 4. The second-order valence-corrected chi connectivity index (χ2v) is 7.72. The molecule has 5 rings (SSSR count). The Morgan fingerprint density at radius 2 is 2.15 bits per heavy atom. The highest BCUT2D eigenvalue weighted by molar-refractivity contribution is 7.03. The molecular formula is C20H20N4O2S. The summed E-state index contributed by atoms with van der Waals surface area (Å²) in [4.78, 5) is 14.6. The van der Waals surface area contributed by atoms with E-state index < -0.39 is 0 Å². The van der Waals surface area contributed by atoms with Gasteiger partial charge in [-0.15, -0.1) is 0 Å². The smallest absolute Gasteiger partial charge is 0.256 e. The minimum atomic E-state index is -0.174. The maximum absolute atomic E-state index is 12.7. The predicted octanol–water partition coefficient (Wildman–Crippen LogP) is 3.50. The normalized spacial score (nSPS) is 17.1. The number of piperidine rings is 1. The summed E-state index contributed by atoms with van der Waals surface area (Å²) in [5.41, 5.74) is 3.96. The van der Waals surface area contributed by atoms with E-state index in [0.717, 1.165) is 30.0 Å². The van der Waals surface area contributed by atoms with Gasteiger partial charge in [-0.2, -0.15) is 0 Å². The molecule has 0 bridgehead atoms. The molecule has 2 aromatic heterocycles. The quantitative estimate of drug-likeness (QED) is 0.739. The summed E-state index contributed by atoms with van der Waals surface area (Å²) in [5.74, 6) is 0.913. The van der Waals surface area contributed by atoms with Gasteiger partial charge in [-0.3, -0.25) is 4.79 Å². The maximum atomic E-state index is 12.7. The topological polar surface area (TPSA) is 59.4 Å². The molecule has 0 atom stereocenters. The van der Waals surface area contributed by atoms with E-state index in [1.165, 1.54) is 17.2 Å². The first-order valence-electron chi connectivity index (χ1n) is 9.03. The lowest BCUT2D eigenvalue weighted by atomic mass is 9.82. The van der Waals surface area contributed by atoms with Crippen molar-refractivity contribution >= 4 is 23.1 Å². The molecule has 0 saturated carbocycles. The average molecular weight is 380 g/mol. The second-order valence-electron chi connectivity index (χ2n) is 7.06. The van der Waals surface area contributed by atoms with E-state index in [0.29, 0.717) is 18.7 Å². The number of carbonyl (C=O) groups excluding carboxylic acids is 1. The molecule has 1 amide bonds. The Hall–Kier alpha value is -2.80. The molecule has 7 heteroatoms. The fraction of sp³-hybridized carbons (Fsp3) is 0.300. The van der Waals surface area contributed by atoms with Gasteiger partial charge in [-0.1, -0.05) is 0 Å². The number of anilines is 1. The van der Waals surface area contributed by atoms with Gasteiger partial charge in [0.1, 0.15) is 5.75 Å². The lowest BCUT2D eigenvalue weighted by Crippen LogP contribution is -2.51. The third-order valence-electron chi connectivity index (χ3n) is 5.66. The SMILES string of the molecule is COc1ccc2c(c1)NC1(CCN(C(=O)c3cnsc3)CC1)c1cccn1-2. The van der Waals surface area contributed by atoms with E-state index in [4.69, 9.17) is 4.74 Å². The molecule has 2 aliphatic heterocycles. The van der Waals surface area contributed by atoms with Crippen LogP contribution in [-0.4, -0.2) is 39.9 Å². The lowest BCUT2D eigenvalue weighted by molar-refractivity contribution is 0.0677. The molecule has 4 heterocycles. The van der Waals surface area contributed by atoms with Crippen molar-refractivity contribution < 1.29 is 9.53 Å². The minimum Gasteiger partial charge on any atom is -0.497 e. The fourth-order valence-electron chi connectivity index (χ4n) is 4.22. The van der Waals surface area contributed by atoms with Crippen molar-refractivity contribution in [3.05, 3.63) is 59.4 Å². The zero-order valence-electron chi connectivity index (χ0n) is 15.0.